The molecule has 0 saturated carbocycles. The third-order valence-electron chi connectivity index (χ3n) is 5.46. The highest BCUT2D eigenvalue weighted by molar-refractivity contribution is 5.80. The summed E-state index contributed by atoms with van der Waals surface area (Å²) in [5.41, 5.74) is 5.72. The topological polar surface area (TPSA) is 86.9 Å². The zero-order valence-electron chi connectivity index (χ0n) is 14.6. The Bertz CT molecular complexity index is 612. The smallest absolute Gasteiger partial charge is 0.314 e. The average Bonchev–Trinajstić information content (AvgIpc) is 2.62. The molecule has 6 nitrogen and oxygen atoms in total. The number of nitrogens with two attached hydrogens (primary N) is 1. The summed E-state index contributed by atoms with van der Waals surface area (Å²) in [5.74, 6) is -0.0747. The first-order valence-corrected chi connectivity index (χ1v) is 9.06. The summed E-state index contributed by atoms with van der Waals surface area (Å²) >= 11 is 0. The van der Waals surface area contributed by atoms with Crippen LogP contribution in [0.25, 0.3) is 0 Å². The van der Waals surface area contributed by atoms with Gasteiger partial charge in [-0.05, 0) is 31.2 Å². The van der Waals surface area contributed by atoms with Crippen LogP contribution in [0.3, 0.4) is 0 Å². The van der Waals surface area contributed by atoms with E-state index in [1.54, 1.807) is 4.90 Å². The minimum absolute atomic E-state index is 0.0905. The first-order valence-electron chi connectivity index (χ1n) is 9.06. The molecule has 2 aliphatic heterocycles. The number of carbonyl (C=O) groups excluding carboxylic acids is 2. The van der Waals surface area contributed by atoms with Crippen molar-refractivity contribution >= 4 is 11.9 Å². The van der Waals surface area contributed by atoms with Gasteiger partial charge in [0.05, 0.1) is 11.5 Å². The SMILES string of the molecule is NC(=O)N1CCC[C@@H](C(=O)N2CCC(O)(Cc3ccccc3)CC2)C1. The van der Waals surface area contributed by atoms with Crippen LogP contribution < -0.4 is 5.73 Å². The van der Waals surface area contributed by atoms with Gasteiger partial charge in [-0.15, -0.1) is 0 Å². The van der Waals surface area contributed by atoms with E-state index in [9.17, 15) is 14.7 Å². The maximum Gasteiger partial charge on any atom is 0.314 e. The second-order valence-corrected chi connectivity index (χ2v) is 7.34. The minimum atomic E-state index is -0.746. The van der Waals surface area contributed by atoms with Gasteiger partial charge in [-0.25, -0.2) is 4.79 Å². The summed E-state index contributed by atoms with van der Waals surface area (Å²) in [7, 11) is 0. The number of piperidine rings is 2. The Hall–Kier alpha value is -2.08. The summed E-state index contributed by atoms with van der Waals surface area (Å²) in [6, 6.07) is 9.52. The fraction of sp³-hybridized carbons (Fsp3) is 0.579. The highest BCUT2D eigenvalue weighted by Crippen LogP contribution is 2.28. The number of carbonyl (C=O) groups is 2. The number of amides is 3. The van der Waals surface area contributed by atoms with Crippen molar-refractivity contribution in [1.29, 1.82) is 0 Å². The molecule has 2 fully saturated rings. The van der Waals surface area contributed by atoms with Crippen LogP contribution >= 0.6 is 0 Å². The van der Waals surface area contributed by atoms with E-state index in [0.29, 0.717) is 45.4 Å². The van der Waals surface area contributed by atoms with Crippen LogP contribution in [0, 0.1) is 5.92 Å². The molecule has 0 radical (unpaired) electrons. The van der Waals surface area contributed by atoms with E-state index in [1.807, 2.05) is 35.2 Å². The quantitative estimate of drug-likeness (QED) is 0.867. The van der Waals surface area contributed by atoms with E-state index in [4.69, 9.17) is 5.73 Å². The third kappa shape index (κ3) is 4.31. The lowest BCUT2D eigenvalue weighted by Crippen LogP contribution is -2.52. The van der Waals surface area contributed by atoms with Crippen molar-refractivity contribution in [2.24, 2.45) is 11.7 Å². The molecule has 1 aromatic rings. The van der Waals surface area contributed by atoms with Crippen molar-refractivity contribution in [3.63, 3.8) is 0 Å². The fourth-order valence-corrected chi connectivity index (χ4v) is 3.93. The number of benzene rings is 1. The molecule has 136 valence electrons. The van der Waals surface area contributed by atoms with Gasteiger partial charge in [0.25, 0.3) is 0 Å². The number of rotatable bonds is 3. The Morgan fingerprint density at radius 3 is 2.44 bits per heavy atom. The van der Waals surface area contributed by atoms with Gasteiger partial charge in [0.1, 0.15) is 0 Å². The Kier molecular flexibility index (Phi) is 5.27. The maximum absolute atomic E-state index is 12.8. The van der Waals surface area contributed by atoms with E-state index in [-0.39, 0.29) is 11.8 Å². The first-order chi connectivity index (χ1) is 12.0. The summed E-state index contributed by atoms with van der Waals surface area (Å²) in [5, 5.41) is 10.8. The molecule has 0 aromatic heterocycles. The number of hydrogen-bond donors (Lipinski definition) is 2. The van der Waals surface area contributed by atoms with Gasteiger partial charge < -0.3 is 20.6 Å². The Labute approximate surface area is 148 Å². The molecule has 25 heavy (non-hydrogen) atoms. The van der Waals surface area contributed by atoms with Crippen LogP contribution in [0.4, 0.5) is 4.79 Å². The van der Waals surface area contributed by atoms with Gasteiger partial charge in [0.15, 0.2) is 0 Å². The van der Waals surface area contributed by atoms with Crippen LogP contribution in [0.1, 0.15) is 31.2 Å². The molecule has 2 saturated heterocycles. The predicted molar refractivity (Wildman–Crippen MR) is 94.8 cm³/mol. The molecule has 2 aliphatic rings. The Balaban J connectivity index is 1.54. The average molecular weight is 345 g/mol. The number of likely N-dealkylation sites (tertiary alicyclic amines) is 2. The van der Waals surface area contributed by atoms with Gasteiger partial charge in [-0.2, -0.15) is 0 Å². The van der Waals surface area contributed by atoms with Crippen LogP contribution in [-0.2, 0) is 11.2 Å². The Morgan fingerprint density at radius 1 is 1.12 bits per heavy atom. The standard InChI is InChI=1S/C19H27N3O3/c20-18(24)22-10-4-7-16(14-22)17(23)21-11-8-19(25,9-12-21)13-15-5-2-1-3-6-15/h1-3,5-6,16,25H,4,7-14H2,(H2,20,24)/t16-/m1/s1. The molecule has 0 unspecified atom stereocenters. The molecule has 2 heterocycles. The highest BCUT2D eigenvalue weighted by atomic mass is 16.3. The molecule has 3 N–H and O–H groups in total. The van der Waals surface area contributed by atoms with Gasteiger partial charge in [-0.1, -0.05) is 30.3 Å². The molecule has 0 spiro atoms. The predicted octanol–water partition coefficient (Wildman–Crippen LogP) is 1.37. The van der Waals surface area contributed by atoms with Crippen molar-refractivity contribution in [2.45, 2.75) is 37.7 Å². The van der Waals surface area contributed by atoms with E-state index in [0.717, 1.165) is 18.4 Å². The molecule has 3 rings (SSSR count). The number of primary amides is 1. The summed E-state index contributed by atoms with van der Waals surface area (Å²) in [6.07, 6.45) is 3.40. The van der Waals surface area contributed by atoms with E-state index >= 15 is 0 Å². The van der Waals surface area contributed by atoms with Crippen molar-refractivity contribution in [1.82, 2.24) is 9.80 Å². The normalized spacial score (nSPS) is 23.3. The van der Waals surface area contributed by atoms with E-state index in [1.165, 1.54) is 0 Å². The van der Waals surface area contributed by atoms with Gasteiger partial charge in [0, 0.05) is 32.6 Å². The zero-order chi connectivity index (χ0) is 17.9. The minimum Gasteiger partial charge on any atom is -0.389 e. The zero-order valence-corrected chi connectivity index (χ0v) is 14.6. The number of nitrogens with zero attached hydrogens (tertiary/aromatic N) is 2. The maximum atomic E-state index is 12.8. The molecular formula is C19H27N3O3. The number of hydrogen-bond acceptors (Lipinski definition) is 3. The third-order valence-corrected chi connectivity index (χ3v) is 5.46. The van der Waals surface area contributed by atoms with Crippen molar-refractivity contribution < 1.29 is 14.7 Å². The molecule has 6 heteroatoms. The molecule has 0 bridgehead atoms. The van der Waals surface area contributed by atoms with Gasteiger partial charge in [-0.3, -0.25) is 4.79 Å². The number of urea groups is 1. The Morgan fingerprint density at radius 2 is 1.80 bits per heavy atom. The van der Waals surface area contributed by atoms with Crippen molar-refractivity contribution in [3.8, 4) is 0 Å². The van der Waals surface area contributed by atoms with Crippen LogP contribution in [0.5, 0.6) is 0 Å². The van der Waals surface area contributed by atoms with Crippen molar-refractivity contribution in [2.75, 3.05) is 26.2 Å². The van der Waals surface area contributed by atoms with Crippen molar-refractivity contribution in [3.05, 3.63) is 35.9 Å². The fourth-order valence-electron chi connectivity index (χ4n) is 3.93. The molecular weight excluding hydrogens is 318 g/mol. The van der Waals surface area contributed by atoms with Gasteiger partial charge in [0.2, 0.25) is 5.91 Å². The first kappa shape index (κ1) is 17.7. The molecule has 1 aromatic carbocycles. The molecule has 3 amide bonds. The highest BCUT2D eigenvalue weighted by Gasteiger charge is 2.37. The van der Waals surface area contributed by atoms with Crippen LogP contribution in [0.15, 0.2) is 30.3 Å². The molecule has 0 aliphatic carbocycles. The van der Waals surface area contributed by atoms with Gasteiger partial charge >= 0.3 is 6.03 Å². The number of aliphatic hydroxyl groups is 1. The summed E-state index contributed by atoms with van der Waals surface area (Å²) < 4.78 is 0. The summed E-state index contributed by atoms with van der Waals surface area (Å²) in [6.45, 7) is 2.18. The summed E-state index contributed by atoms with van der Waals surface area (Å²) in [4.78, 5) is 27.5. The molecule has 1 atom stereocenters. The lowest BCUT2D eigenvalue weighted by molar-refractivity contribution is -0.141. The lowest BCUT2D eigenvalue weighted by atomic mass is 9.84. The second-order valence-electron chi connectivity index (χ2n) is 7.34. The van der Waals surface area contributed by atoms with Crippen LogP contribution in [-0.4, -0.2) is 58.6 Å². The van der Waals surface area contributed by atoms with E-state index < -0.39 is 11.6 Å². The van der Waals surface area contributed by atoms with E-state index in [2.05, 4.69) is 0 Å². The lowest BCUT2D eigenvalue weighted by Gasteiger charge is -2.41. The van der Waals surface area contributed by atoms with Crippen LogP contribution in [0.2, 0.25) is 0 Å². The monoisotopic (exact) mass is 345 g/mol. The largest absolute Gasteiger partial charge is 0.389 e. The second kappa shape index (κ2) is 7.44.